The van der Waals surface area contributed by atoms with E-state index in [4.69, 9.17) is 0 Å². The normalized spacial score (nSPS) is 21.4. The maximum absolute atomic E-state index is 12.4. The van der Waals surface area contributed by atoms with Gasteiger partial charge >= 0.3 is 0 Å². The Labute approximate surface area is 69.4 Å². The number of benzene rings is 1. The highest BCUT2D eigenvalue weighted by Crippen LogP contribution is 2.29. The van der Waals surface area contributed by atoms with Crippen LogP contribution in [0.2, 0.25) is 0 Å². The van der Waals surface area contributed by atoms with Crippen molar-refractivity contribution in [3.05, 3.63) is 35.4 Å². The Morgan fingerprint density at radius 3 is 2.83 bits per heavy atom. The average molecular weight is 169 g/mol. The zero-order valence-electron chi connectivity index (χ0n) is 6.43. The van der Waals surface area contributed by atoms with Crippen LogP contribution in [0.5, 0.6) is 0 Å². The molecule has 3 heteroatoms. The van der Waals surface area contributed by atoms with Gasteiger partial charge in [-0.05, 0) is 11.1 Å². The zero-order valence-corrected chi connectivity index (χ0v) is 6.43. The van der Waals surface area contributed by atoms with E-state index in [9.17, 15) is 8.78 Å². The summed E-state index contributed by atoms with van der Waals surface area (Å²) in [7, 11) is 0. The minimum atomic E-state index is -2.31. The van der Waals surface area contributed by atoms with E-state index >= 15 is 0 Å². The number of nitrogens with one attached hydrogen (secondary N) is 1. The van der Waals surface area contributed by atoms with Crippen molar-refractivity contribution >= 4 is 0 Å². The lowest BCUT2D eigenvalue weighted by Crippen LogP contribution is -2.19. The van der Waals surface area contributed by atoms with Gasteiger partial charge in [-0.2, -0.15) is 0 Å². The third kappa shape index (κ3) is 1.10. The monoisotopic (exact) mass is 169 g/mol. The first-order valence-corrected chi connectivity index (χ1v) is 3.88. The molecule has 64 valence electrons. The SMILES string of the molecule is FC(F)C1NCc2ccccc21. The summed E-state index contributed by atoms with van der Waals surface area (Å²) < 4.78 is 24.7. The van der Waals surface area contributed by atoms with E-state index in [-0.39, 0.29) is 0 Å². The molecule has 1 N–H and O–H groups in total. The van der Waals surface area contributed by atoms with Crippen LogP contribution in [0.1, 0.15) is 17.2 Å². The molecule has 1 aromatic carbocycles. The highest BCUT2D eigenvalue weighted by molar-refractivity contribution is 5.33. The largest absolute Gasteiger partial charge is 0.301 e. The Hall–Kier alpha value is -0.960. The molecule has 0 bridgehead atoms. The molecule has 1 aliphatic rings. The molecule has 0 saturated heterocycles. The van der Waals surface area contributed by atoms with Gasteiger partial charge in [0.05, 0.1) is 6.04 Å². The second-order valence-electron chi connectivity index (χ2n) is 2.89. The molecule has 0 fully saturated rings. The molecule has 0 radical (unpaired) electrons. The third-order valence-corrected chi connectivity index (χ3v) is 2.15. The van der Waals surface area contributed by atoms with Crippen molar-refractivity contribution in [1.82, 2.24) is 5.32 Å². The third-order valence-electron chi connectivity index (χ3n) is 2.15. The molecule has 1 unspecified atom stereocenters. The lowest BCUT2D eigenvalue weighted by Gasteiger charge is -2.09. The number of alkyl halides is 2. The molecular formula is C9H9F2N. The van der Waals surface area contributed by atoms with Gasteiger partial charge in [-0.3, -0.25) is 0 Å². The Balaban J connectivity index is 2.36. The fourth-order valence-corrected chi connectivity index (χ4v) is 1.55. The van der Waals surface area contributed by atoms with Gasteiger partial charge in [0.25, 0.3) is 6.43 Å². The highest BCUT2D eigenvalue weighted by atomic mass is 19.3. The molecule has 0 saturated carbocycles. The van der Waals surface area contributed by atoms with Crippen LogP contribution in [-0.2, 0) is 6.54 Å². The van der Waals surface area contributed by atoms with Crippen LogP contribution in [0.3, 0.4) is 0 Å². The van der Waals surface area contributed by atoms with E-state index in [0.717, 1.165) is 11.1 Å². The van der Waals surface area contributed by atoms with Crippen LogP contribution in [0.4, 0.5) is 8.78 Å². The van der Waals surface area contributed by atoms with E-state index in [1.807, 2.05) is 12.1 Å². The van der Waals surface area contributed by atoms with E-state index in [1.165, 1.54) is 0 Å². The number of hydrogen-bond donors (Lipinski definition) is 1. The van der Waals surface area contributed by atoms with Crippen molar-refractivity contribution < 1.29 is 8.78 Å². The maximum atomic E-state index is 12.4. The quantitative estimate of drug-likeness (QED) is 0.678. The summed E-state index contributed by atoms with van der Waals surface area (Å²) in [5, 5.41) is 2.77. The molecule has 2 rings (SSSR count). The number of rotatable bonds is 1. The smallest absolute Gasteiger partial charge is 0.257 e. The van der Waals surface area contributed by atoms with E-state index in [0.29, 0.717) is 6.54 Å². The molecule has 0 aromatic heterocycles. The molecule has 0 aliphatic carbocycles. The fraction of sp³-hybridized carbons (Fsp3) is 0.333. The zero-order chi connectivity index (χ0) is 8.55. The van der Waals surface area contributed by atoms with Gasteiger partial charge in [0.15, 0.2) is 0 Å². The summed E-state index contributed by atoms with van der Waals surface area (Å²) in [4.78, 5) is 0. The predicted molar refractivity (Wildman–Crippen MR) is 42.0 cm³/mol. The van der Waals surface area contributed by atoms with Crippen LogP contribution in [0.25, 0.3) is 0 Å². The van der Waals surface area contributed by atoms with E-state index in [1.54, 1.807) is 12.1 Å². The molecule has 0 amide bonds. The van der Waals surface area contributed by atoms with Gasteiger partial charge in [-0.15, -0.1) is 0 Å². The highest BCUT2D eigenvalue weighted by Gasteiger charge is 2.28. The molecule has 1 nitrogen and oxygen atoms in total. The first kappa shape index (κ1) is 7.68. The summed E-state index contributed by atoms with van der Waals surface area (Å²) in [6.45, 7) is 0.561. The van der Waals surface area contributed by atoms with Gasteiger partial charge in [-0.25, -0.2) is 8.78 Å². The second kappa shape index (κ2) is 2.83. The van der Waals surface area contributed by atoms with Crippen molar-refractivity contribution in [3.8, 4) is 0 Å². The van der Waals surface area contributed by atoms with E-state index < -0.39 is 12.5 Å². The summed E-state index contributed by atoms with van der Waals surface area (Å²) in [5.74, 6) is 0. The Bertz CT molecular complexity index is 286. The van der Waals surface area contributed by atoms with Gasteiger partial charge in [-0.1, -0.05) is 24.3 Å². The lowest BCUT2D eigenvalue weighted by molar-refractivity contribution is 0.103. The van der Waals surface area contributed by atoms with Gasteiger partial charge < -0.3 is 5.32 Å². The minimum absolute atomic E-state index is 0.561. The molecule has 1 atom stereocenters. The van der Waals surface area contributed by atoms with Crippen molar-refractivity contribution in [2.75, 3.05) is 0 Å². The minimum Gasteiger partial charge on any atom is -0.301 e. The second-order valence-corrected chi connectivity index (χ2v) is 2.89. The van der Waals surface area contributed by atoms with Crippen molar-refractivity contribution in [2.45, 2.75) is 19.0 Å². The summed E-state index contributed by atoms with van der Waals surface area (Å²) in [6, 6.07) is 6.54. The molecule has 0 spiro atoms. The Morgan fingerprint density at radius 1 is 1.33 bits per heavy atom. The van der Waals surface area contributed by atoms with Crippen LogP contribution < -0.4 is 5.32 Å². The maximum Gasteiger partial charge on any atom is 0.257 e. The Morgan fingerprint density at radius 2 is 2.08 bits per heavy atom. The van der Waals surface area contributed by atoms with Crippen LogP contribution >= 0.6 is 0 Å². The summed E-state index contributed by atoms with van der Waals surface area (Å²) >= 11 is 0. The molecule has 1 aromatic rings. The Kier molecular flexibility index (Phi) is 1.81. The molecular weight excluding hydrogens is 160 g/mol. The van der Waals surface area contributed by atoms with Crippen molar-refractivity contribution in [3.63, 3.8) is 0 Å². The van der Waals surface area contributed by atoms with Crippen molar-refractivity contribution in [2.24, 2.45) is 0 Å². The molecule has 12 heavy (non-hydrogen) atoms. The molecule has 1 heterocycles. The lowest BCUT2D eigenvalue weighted by atomic mass is 10.1. The topological polar surface area (TPSA) is 12.0 Å². The van der Waals surface area contributed by atoms with Gasteiger partial charge in [0.2, 0.25) is 0 Å². The fourth-order valence-electron chi connectivity index (χ4n) is 1.55. The van der Waals surface area contributed by atoms with Crippen LogP contribution in [-0.4, -0.2) is 6.43 Å². The summed E-state index contributed by atoms with van der Waals surface area (Å²) in [5.41, 5.74) is 1.73. The average Bonchev–Trinajstić information content (AvgIpc) is 2.47. The van der Waals surface area contributed by atoms with Crippen LogP contribution in [0.15, 0.2) is 24.3 Å². The van der Waals surface area contributed by atoms with E-state index in [2.05, 4.69) is 5.32 Å². The number of hydrogen-bond acceptors (Lipinski definition) is 1. The first-order valence-electron chi connectivity index (χ1n) is 3.88. The molecule has 1 aliphatic heterocycles. The number of fused-ring (bicyclic) bond motifs is 1. The van der Waals surface area contributed by atoms with Gasteiger partial charge in [0, 0.05) is 6.54 Å². The van der Waals surface area contributed by atoms with Gasteiger partial charge in [0.1, 0.15) is 0 Å². The first-order chi connectivity index (χ1) is 5.79. The predicted octanol–water partition coefficient (Wildman–Crippen LogP) is 2.10. The standard InChI is InChI=1S/C9H9F2N/c10-9(11)8-7-4-2-1-3-6(7)5-12-8/h1-4,8-9,12H,5H2. The summed E-state index contributed by atoms with van der Waals surface area (Å²) in [6.07, 6.45) is -2.31. The number of halogens is 2. The van der Waals surface area contributed by atoms with Crippen LogP contribution in [0, 0.1) is 0 Å². The van der Waals surface area contributed by atoms with Crippen molar-refractivity contribution in [1.29, 1.82) is 0 Å².